The van der Waals surface area contributed by atoms with E-state index in [0.717, 1.165) is 78.0 Å². The first kappa shape index (κ1) is 28.9. The van der Waals surface area contributed by atoms with E-state index >= 15 is 0 Å². The molecule has 0 amide bonds. The van der Waals surface area contributed by atoms with E-state index < -0.39 is 0 Å². The monoisotopic (exact) mass is 781 g/mol. The molecule has 9 rings (SSSR count). The third-order valence-corrected chi connectivity index (χ3v) is 8.62. The Bertz CT molecular complexity index is 2520. The van der Waals surface area contributed by atoms with E-state index in [4.69, 9.17) is 4.98 Å². The average Bonchev–Trinajstić information content (AvgIpc) is 3.68. The van der Waals surface area contributed by atoms with Gasteiger partial charge in [-0.15, -0.1) is 59.7 Å². The van der Waals surface area contributed by atoms with Gasteiger partial charge in [-0.1, -0.05) is 102 Å². The number of nitrogens with zero attached hydrogens (tertiary/aromatic N) is 4. The van der Waals surface area contributed by atoms with Crippen molar-refractivity contribution in [2.24, 2.45) is 0 Å². The van der Waals surface area contributed by atoms with E-state index in [-0.39, 0.29) is 21.1 Å². The van der Waals surface area contributed by atoms with Crippen LogP contribution in [0, 0.1) is 12.1 Å². The molecule has 4 nitrogen and oxygen atoms in total. The van der Waals surface area contributed by atoms with Crippen LogP contribution in [0.1, 0.15) is 0 Å². The van der Waals surface area contributed by atoms with Gasteiger partial charge in [0.05, 0.1) is 16.7 Å². The predicted octanol–water partition coefficient (Wildman–Crippen LogP) is 10.1. The van der Waals surface area contributed by atoms with Crippen molar-refractivity contribution >= 4 is 32.8 Å². The minimum absolute atomic E-state index is 0. The number of imidazole rings is 1. The molecule has 0 saturated heterocycles. The molecule has 0 radical (unpaired) electrons. The Hall–Kier alpha value is -5.57. The Morgan fingerprint density at radius 1 is 0.532 bits per heavy atom. The number of para-hydroxylation sites is 3. The largest absolute Gasteiger partial charge is 2.00 e. The minimum atomic E-state index is 0. The summed E-state index contributed by atoms with van der Waals surface area (Å²) in [6.45, 7) is 0. The minimum Gasteiger partial charge on any atom is -0.305 e. The van der Waals surface area contributed by atoms with E-state index in [9.17, 15) is 0 Å². The summed E-state index contributed by atoms with van der Waals surface area (Å²) >= 11 is 0. The summed E-state index contributed by atoms with van der Waals surface area (Å²) in [4.78, 5) is 10.2. The molecular formula is C42H26N4Pt. The van der Waals surface area contributed by atoms with Gasteiger partial charge in [0.15, 0.2) is 0 Å². The van der Waals surface area contributed by atoms with Crippen molar-refractivity contribution in [1.82, 2.24) is 19.1 Å². The van der Waals surface area contributed by atoms with Gasteiger partial charge < -0.3 is 4.98 Å². The van der Waals surface area contributed by atoms with Crippen molar-refractivity contribution in [3.63, 3.8) is 0 Å². The fourth-order valence-corrected chi connectivity index (χ4v) is 6.56. The molecule has 0 N–H and O–H groups in total. The van der Waals surface area contributed by atoms with Crippen LogP contribution in [0.4, 0.5) is 0 Å². The van der Waals surface area contributed by atoms with E-state index in [0.29, 0.717) is 0 Å². The fraction of sp³-hybridized carbons (Fsp3) is 0. The molecule has 3 heterocycles. The molecule has 0 unspecified atom stereocenters. The van der Waals surface area contributed by atoms with Gasteiger partial charge in [0, 0.05) is 17.3 Å². The van der Waals surface area contributed by atoms with Crippen molar-refractivity contribution in [1.29, 1.82) is 0 Å². The first-order chi connectivity index (χ1) is 22.8. The Morgan fingerprint density at radius 3 is 2.15 bits per heavy atom. The SMILES string of the molecule is [Pt+2].[c-]1ccccc1-c1cccc2c1nc(-n1c3[c-]c(-c4ccccn4)ccc3c3ccccc31)n2-c1ccccc1-c1ccccc1. The molecular weight excluding hydrogens is 756 g/mol. The molecule has 0 aliphatic heterocycles. The number of fused-ring (bicyclic) bond motifs is 4. The second-order valence-corrected chi connectivity index (χ2v) is 11.3. The van der Waals surface area contributed by atoms with Crippen molar-refractivity contribution in [2.75, 3.05) is 0 Å². The Morgan fingerprint density at radius 2 is 1.30 bits per heavy atom. The van der Waals surface area contributed by atoms with Crippen LogP contribution in [0.15, 0.2) is 158 Å². The van der Waals surface area contributed by atoms with Gasteiger partial charge in [0.1, 0.15) is 0 Å². The number of rotatable bonds is 5. The number of pyridine rings is 1. The molecule has 9 aromatic rings. The molecule has 0 saturated carbocycles. The van der Waals surface area contributed by atoms with Crippen LogP contribution in [0.5, 0.6) is 0 Å². The number of benzene rings is 6. The zero-order chi connectivity index (χ0) is 30.5. The van der Waals surface area contributed by atoms with E-state index in [2.05, 4.69) is 142 Å². The maximum atomic E-state index is 5.52. The van der Waals surface area contributed by atoms with E-state index in [1.807, 2.05) is 42.6 Å². The summed E-state index contributed by atoms with van der Waals surface area (Å²) in [6, 6.07) is 59.6. The van der Waals surface area contributed by atoms with Gasteiger partial charge in [-0.2, -0.15) is 0 Å². The van der Waals surface area contributed by atoms with Crippen molar-refractivity contribution in [3.8, 4) is 45.1 Å². The Labute approximate surface area is 286 Å². The van der Waals surface area contributed by atoms with Gasteiger partial charge in [-0.3, -0.25) is 9.13 Å². The molecule has 0 atom stereocenters. The quantitative estimate of drug-likeness (QED) is 0.163. The first-order valence-electron chi connectivity index (χ1n) is 15.4. The topological polar surface area (TPSA) is 35.6 Å². The van der Waals surface area contributed by atoms with Crippen LogP contribution in [-0.4, -0.2) is 19.1 Å². The maximum absolute atomic E-state index is 5.52. The fourth-order valence-electron chi connectivity index (χ4n) is 6.56. The van der Waals surface area contributed by atoms with Gasteiger partial charge in [0.2, 0.25) is 5.95 Å². The molecule has 47 heavy (non-hydrogen) atoms. The summed E-state index contributed by atoms with van der Waals surface area (Å²) in [5.41, 5.74) is 11.1. The molecule has 0 bridgehead atoms. The summed E-state index contributed by atoms with van der Waals surface area (Å²) in [7, 11) is 0. The second kappa shape index (κ2) is 12.0. The van der Waals surface area contributed by atoms with Crippen molar-refractivity contribution < 1.29 is 21.1 Å². The van der Waals surface area contributed by atoms with Crippen molar-refractivity contribution in [3.05, 3.63) is 170 Å². The van der Waals surface area contributed by atoms with Crippen LogP contribution in [0.25, 0.3) is 78.0 Å². The van der Waals surface area contributed by atoms with Crippen LogP contribution in [-0.2, 0) is 21.1 Å². The maximum Gasteiger partial charge on any atom is 2.00 e. The van der Waals surface area contributed by atoms with E-state index in [1.165, 1.54) is 0 Å². The molecule has 0 aliphatic rings. The molecule has 3 aromatic heterocycles. The van der Waals surface area contributed by atoms with E-state index in [1.54, 1.807) is 0 Å². The number of hydrogen-bond acceptors (Lipinski definition) is 2. The predicted molar refractivity (Wildman–Crippen MR) is 187 cm³/mol. The molecule has 5 heteroatoms. The third kappa shape index (κ3) is 4.81. The normalized spacial score (nSPS) is 11.2. The van der Waals surface area contributed by atoms with Crippen LogP contribution >= 0.6 is 0 Å². The van der Waals surface area contributed by atoms with Gasteiger partial charge in [-0.25, -0.2) is 4.98 Å². The Balaban J connectivity index is 0.00000324. The molecule has 0 fully saturated rings. The van der Waals surface area contributed by atoms with Gasteiger partial charge >= 0.3 is 21.1 Å². The standard InChI is InChI=1S/C42H26N4.Pt/c1-3-14-29(15-4-1)32-18-7-9-22-37(32)45-39-24-13-20-33(30-16-5-2-6-17-30)41(39)44-42(45)46-38-23-10-8-19-34(38)35-26-25-31(28-40(35)46)36-21-11-12-27-43-36;/h1-16,18-27H;/q-2;+2. The first-order valence-corrected chi connectivity index (χ1v) is 15.4. The Kier molecular flexibility index (Phi) is 7.36. The third-order valence-electron chi connectivity index (χ3n) is 8.62. The number of aromatic nitrogens is 4. The molecule has 0 spiro atoms. The summed E-state index contributed by atoms with van der Waals surface area (Å²) in [5, 5.41) is 2.26. The van der Waals surface area contributed by atoms with Gasteiger partial charge in [-0.05, 0) is 46.4 Å². The molecule has 0 aliphatic carbocycles. The molecule has 224 valence electrons. The average molecular weight is 782 g/mol. The summed E-state index contributed by atoms with van der Waals surface area (Å²) < 4.78 is 4.56. The molecule has 6 aromatic carbocycles. The second-order valence-electron chi connectivity index (χ2n) is 11.3. The van der Waals surface area contributed by atoms with Crippen LogP contribution < -0.4 is 0 Å². The summed E-state index contributed by atoms with van der Waals surface area (Å²) in [5.74, 6) is 0.794. The van der Waals surface area contributed by atoms with Gasteiger partial charge in [0.25, 0.3) is 0 Å². The van der Waals surface area contributed by atoms with Crippen molar-refractivity contribution in [2.45, 2.75) is 0 Å². The zero-order valence-corrected chi connectivity index (χ0v) is 27.4. The number of hydrogen-bond donors (Lipinski definition) is 0. The smallest absolute Gasteiger partial charge is 0.305 e. The van der Waals surface area contributed by atoms with Crippen LogP contribution in [0.3, 0.4) is 0 Å². The zero-order valence-electron chi connectivity index (χ0n) is 25.1. The summed E-state index contributed by atoms with van der Waals surface area (Å²) in [6.07, 6.45) is 1.82. The van der Waals surface area contributed by atoms with Crippen LogP contribution in [0.2, 0.25) is 0 Å².